The molecule has 0 atom stereocenters. The van der Waals surface area contributed by atoms with Gasteiger partial charge in [-0.05, 0) is 30.3 Å². The Morgan fingerprint density at radius 1 is 1.00 bits per heavy atom. The molecule has 154 valence electrons. The Labute approximate surface area is 184 Å². The molecule has 0 aliphatic rings. The van der Waals surface area contributed by atoms with E-state index < -0.39 is 10.0 Å². The maximum absolute atomic E-state index is 11.6. The summed E-state index contributed by atoms with van der Waals surface area (Å²) >= 11 is 0. The second-order valence-electron chi connectivity index (χ2n) is 5.79. The van der Waals surface area contributed by atoms with Crippen molar-refractivity contribution in [2.24, 2.45) is 4.99 Å². The molecule has 0 saturated carbocycles. The molecule has 0 heterocycles. The van der Waals surface area contributed by atoms with Crippen LogP contribution >= 0.6 is 24.0 Å². The fraction of sp³-hybridized carbons (Fsp3) is 0.316. The van der Waals surface area contributed by atoms with E-state index in [0.717, 1.165) is 16.9 Å². The predicted octanol–water partition coefficient (Wildman–Crippen LogP) is 2.10. The summed E-state index contributed by atoms with van der Waals surface area (Å²) in [5, 5.41) is 6.40. The highest BCUT2D eigenvalue weighted by molar-refractivity contribution is 14.0. The minimum absolute atomic E-state index is 0. The molecule has 9 heteroatoms. The molecule has 2 aromatic rings. The Bertz CT molecular complexity index is 828. The van der Waals surface area contributed by atoms with Crippen LogP contribution in [-0.4, -0.2) is 41.6 Å². The Morgan fingerprint density at radius 2 is 1.64 bits per heavy atom. The number of nitrogens with zero attached hydrogens (tertiary/aromatic N) is 1. The lowest BCUT2D eigenvalue weighted by atomic mass is 10.1. The summed E-state index contributed by atoms with van der Waals surface area (Å²) in [6, 6.07) is 17.1. The summed E-state index contributed by atoms with van der Waals surface area (Å²) in [6.07, 6.45) is 0. The number of sulfonamides is 1. The molecule has 28 heavy (non-hydrogen) atoms. The lowest BCUT2D eigenvalue weighted by Gasteiger charge is -2.13. The van der Waals surface area contributed by atoms with Crippen molar-refractivity contribution >= 4 is 40.0 Å². The molecule has 2 rings (SSSR count). The number of ether oxygens (including phenoxy) is 1. The topological polar surface area (TPSA) is 91.8 Å². The first-order valence-corrected chi connectivity index (χ1v) is 10.3. The number of hydrogen-bond acceptors (Lipinski definition) is 4. The third kappa shape index (κ3) is 8.89. The molecule has 3 N–H and O–H groups in total. The van der Waals surface area contributed by atoms with Crippen molar-refractivity contribution in [3.05, 3.63) is 65.7 Å². The average Bonchev–Trinajstić information content (AvgIpc) is 2.69. The number of aliphatic imine (C=N–C) groups is 1. The van der Waals surface area contributed by atoms with Gasteiger partial charge < -0.3 is 15.4 Å². The van der Waals surface area contributed by atoms with Crippen molar-refractivity contribution < 1.29 is 13.2 Å². The van der Waals surface area contributed by atoms with Crippen LogP contribution in [0.5, 0.6) is 5.75 Å². The number of guanidine groups is 1. The van der Waals surface area contributed by atoms with E-state index >= 15 is 0 Å². The molecule has 2 aromatic carbocycles. The largest absolute Gasteiger partial charge is 0.492 e. The van der Waals surface area contributed by atoms with Crippen LogP contribution in [-0.2, 0) is 22.3 Å². The van der Waals surface area contributed by atoms with E-state index in [4.69, 9.17) is 4.74 Å². The monoisotopic (exact) mass is 518 g/mol. The Kier molecular flexibility index (Phi) is 10.9. The van der Waals surface area contributed by atoms with E-state index in [2.05, 4.69) is 20.3 Å². The van der Waals surface area contributed by atoms with E-state index in [9.17, 15) is 8.42 Å². The minimum Gasteiger partial charge on any atom is -0.492 e. The van der Waals surface area contributed by atoms with Crippen molar-refractivity contribution in [2.75, 3.05) is 27.2 Å². The molecule has 7 nitrogen and oxygen atoms in total. The molecule has 0 unspecified atom stereocenters. The van der Waals surface area contributed by atoms with Crippen LogP contribution in [0.2, 0.25) is 0 Å². The van der Waals surface area contributed by atoms with E-state index in [-0.39, 0.29) is 29.7 Å². The molecule has 0 saturated heterocycles. The quantitative estimate of drug-likeness (QED) is 0.205. The van der Waals surface area contributed by atoms with Gasteiger partial charge in [-0.3, -0.25) is 4.99 Å². The van der Waals surface area contributed by atoms with Gasteiger partial charge in [-0.1, -0.05) is 42.5 Å². The Hall–Kier alpha value is -1.85. The first kappa shape index (κ1) is 24.2. The van der Waals surface area contributed by atoms with Gasteiger partial charge in [0, 0.05) is 13.6 Å². The second kappa shape index (κ2) is 12.6. The summed E-state index contributed by atoms with van der Waals surface area (Å²) in [5.74, 6) is 1.48. The fourth-order valence-electron chi connectivity index (χ4n) is 2.31. The summed E-state index contributed by atoms with van der Waals surface area (Å²) in [6.45, 7) is 1.73. The molecule has 0 spiro atoms. The van der Waals surface area contributed by atoms with Crippen molar-refractivity contribution in [3.8, 4) is 5.75 Å². The van der Waals surface area contributed by atoms with E-state index in [0.29, 0.717) is 25.7 Å². The Balaban J connectivity index is 0.00000392. The van der Waals surface area contributed by atoms with Gasteiger partial charge in [-0.25, -0.2) is 13.1 Å². The van der Waals surface area contributed by atoms with Crippen LogP contribution < -0.4 is 20.1 Å². The van der Waals surface area contributed by atoms with Crippen LogP contribution in [0.1, 0.15) is 11.1 Å². The minimum atomic E-state index is -3.25. The summed E-state index contributed by atoms with van der Waals surface area (Å²) < 4.78 is 31.1. The molecule has 0 aromatic heterocycles. The van der Waals surface area contributed by atoms with E-state index in [1.54, 1.807) is 7.05 Å². The van der Waals surface area contributed by atoms with Crippen molar-refractivity contribution in [2.45, 2.75) is 12.3 Å². The van der Waals surface area contributed by atoms with Crippen LogP contribution in [0.15, 0.2) is 59.6 Å². The van der Waals surface area contributed by atoms with Crippen molar-refractivity contribution in [3.63, 3.8) is 0 Å². The molecule has 0 amide bonds. The van der Waals surface area contributed by atoms with Gasteiger partial charge in [-0.15, -0.1) is 24.0 Å². The predicted molar refractivity (Wildman–Crippen MR) is 124 cm³/mol. The number of rotatable bonds is 9. The SMILES string of the molecule is CN=C(NCCOc1ccccc1)NCc1ccc(CS(=O)(=O)NC)cc1.I. The second-order valence-corrected chi connectivity index (χ2v) is 7.72. The van der Waals surface area contributed by atoms with Gasteiger partial charge in [0.15, 0.2) is 5.96 Å². The molecular formula is C19H27IN4O3S. The third-order valence-electron chi connectivity index (χ3n) is 3.78. The molecule has 0 bridgehead atoms. The highest BCUT2D eigenvalue weighted by Gasteiger charge is 2.08. The smallest absolute Gasteiger partial charge is 0.215 e. The van der Waals surface area contributed by atoms with Gasteiger partial charge in [0.25, 0.3) is 0 Å². The first-order valence-electron chi connectivity index (χ1n) is 8.64. The van der Waals surface area contributed by atoms with Gasteiger partial charge in [0.2, 0.25) is 10.0 Å². The standard InChI is InChI=1S/C19H26N4O3S.HI/c1-20-19(22-12-13-26-18-6-4-3-5-7-18)23-14-16-8-10-17(11-9-16)15-27(24,25)21-2;/h3-11,21H,12-15H2,1-2H3,(H2,20,22,23);1H. The number of hydrogen-bond donors (Lipinski definition) is 3. The Morgan fingerprint density at radius 3 is 2.25 bits per heavy atom. The first-order chi connectivity index (χ1) is 13.0. The lowest BCUT2D eigenvalue weighted by Crippen LogP contribution is -2.38. The van der Waals surface area contributed by atoms with Gasteiger partial charge in [0.05, 0.1) is 12.3 Å². The zero-order valence-corrected chi connectivity index (χ0v) is 19.2. The highest BCUT2D eigenvalue weighted by atomic mass is 127. The van der Waals surface area contributed by atoms with Gasteiger partial charge >= 0.3 is 0 Å². The third-order valence-corrected chi connectivity index (χ3v) is 5.12. The molecule has 0 aliphatic heterocycles. The summed E-state index contributed by atoms with van der Waals surface area (Å²) in [4.78, 5) is 4.18. The molecule has 0 radical (unpaired) electrons. The highest BCUT2D eigenvalue weighted by Crippen LogP contribution is 2.08. The summed E-state index contributed by atoms with van der Waals surface area (Å²) in [5.41, 5.74) is 1.78. The molecule has 0 aliphatic carbocycles. The van der Waals surface area contributed by atoms with Crippen LogP contribution in [0, 0.1) is 0 Å². The normalized spacial score (nSPS) is 11.4. The van der Waals surface area contributed by atoms with Crippen molar-refractivity contribution in [1.29, 1.82) is 0 Å². The zero-order chi connectivity index (χ0) is 19.5. The summed E-state index contributed by atoms with van der Waals surface area (Å²) in [7, 11) is -0.133. The van der Waals surface area contributed by atoms with Crippen LogP contribution in [0.25, 0.3) is 0 Å². The van der Waals surface area contributed by atoms with E-state index in [1.807, 2.05) is 54.6 Å². The van der Waals surface area contributed by atoms with Gasteiger partial charge in [0.1, 0.15) is 12.4 Å². The number of halogens is 1. The zero-order valence-electron chi connectivity index (χ0n) is 16.0. The van der Waals surface area contributed by atoms with Crippen LogP contribution in [0.3, 0.4) is 0 Å². The van der Waals surface area contributed by atoms with E-state index in [1.165, 1.54) is 7.05 Å². The number of para-hydroxylation sites is 1. The number of benzene rings is 2. The lowest BCUT2D eigenvalue weighted by molar-refractivity contribution is 0.322. The average molecular weight is 518 g/mol. The van der Waals surface area contributed by atoms with Crippen molar-refractivity contribution in [1.82, 2.24) is 15.4 Å². The fourth-order valence-corrected chi connectivity index (χ4v) is 3.08. The maximum atomic E-state index is 11.6. The van der Waals surface area contributed by atoms with Crippen LogP contribution in [0.4, 0.5) is 0 Å². The van der Waals surface area contributed by atoms with Gasteiger partial charge in [-0.2, -0.15) is 0 Å². The molecule has 0 fully saturated rings. The maximum Gasteiger partial charge on any atom is 0.215 e. The number of nitrogens with one attached hydrogen (secondary N) is 3. The molecular weight excluding hydrogens is 491 g/mol.